The maximum Gasteiger partial charge on any atom is 0.419 e. The average Bonchev–Trinajstić information content (AvgIpc) is 3.27. The molecule has 0 fully saturated rings. The van der Waals surface area contributed by atoms with Crippen molar-refractivity contribution < 1.29 is 26.7 Å². The second-order valence-corrected chi connectivity index (χ2v) is 7.22. The van der Waals surface area contributed by atoms with E-state index in [0.29, 0.717) is 18.0 Å². The first kappa shape index (κ1) is 22.2. The molecule has 9 heteroatoms. The zero-order chi connectivity index (χ0) is 23.6. The number of nitrogens with zero attached hydrogens (tertiary/aromatic N) is 1. The molecule has 4 aromatic rings. The van der Waals surface area contributed by atoms with Crippen molar-refractivity contribution in [1.82, 2.24) is 15.3 Å². The first-order valence-corrected chi connectivity index (χ1v) is 9.76. The third-order valence-electron chi connectivity index (χ3n) is 4.95. The zero-order valence-electron chi connectivity index (χ0n) is 16.9. The van der Waals surface area contributed by atoms with E-state index in [4.69, 9.17) is 0 Å². The summed E-state index contributed by atoms with van der Waals surface area (Å²) in [4.78, 5) is 19.7. The van der Waals surface area contributed by atoms with E-state index < -0.39 is 23.5 Å². The summed E-state index contributed by atoms with van der Waals surface area (Å²) in [7, 11) is 0. The van der Waals surface area contributed by atoms with Gasteiger partial charge in [0.2, 0.25) is 0 Å². The summed E-state index contributed by atoms with van der Waals surface area (Å²) >= 11 is 0. The Kier molecular flexibility index (Phi) is 5.95. The molecular weight excluding hydrogens is 441 g/mol. The standard InChI is InChI=1S/C24H16F5N3O/c25-18-8-5-15(6-9-18)21-13-30-22(32-21)16-3-1-14(2-4-16)12-31-23(33)17-7-10-19(20(26)11-17)24(27,28)29/h1-11,13H,12H2,(H,30,32)(H,31,33). The van der Waals surface area contributed by atoms with Gasteiger partial charge in [-0.2, -0.15) is 13.2 Å². The second kappa shape index (κ2) is 8.85. The van der Waals surface area contributed by atoms with Gasteiger partial charge >= 0.3 is 6.18 Å². The number of nitrogens with one attached hydrogen (secondary N) is 2. The van der Waals surface area contributed by atoms with E-state index in [0.717, 1.165) is 28.5 Å². The first-order valence-electron chi connectivity index (χ1n) is 9.76. The summed E-state index contributed by atoms with van der Waals surface area (Å²) in [5.74, 6) is -1.92. The quantitative estimate of drug-likeness (QED) is 0.363. The number of rotatable bonds is 5. The van der Waals surface area contributed by atoms with Crippen molar-refractivity contribution in [3.63, 3.8) is 0 Å². The van der Waals surface area contributed by atoms with Crippen LogP contribution in [0.5, 0.6) is 0 Å². The topological polar surface area (TPSA) is 57.8 Å². The van der Waals surface area contributed by atoms with Crippen LogP contribution < -0.4 is 5.32 Å². The van der Waals surface area contributed by atoms with Crippen LogP contribution in [0.15, 0.2) is 72.9 Å². The number of halogens is 5. The van der Waals surface area contributed by atoms with Gasteiger partial charge in [0, 0.05) is 17.7 Å². The Morgan fingerprint density at radius 1 is 0.909 bits per heavy atom. The highest BCUT2D eigenvalue weighted by Gasteiger charge is 2.34. The third-order valence-corrected chi connectivity index (χ3v) is 4.95. The number of imidazole rings is 1. The van der Waals surface area contributed by atoms with Crippen molar-refractivity contribution in [1.29, 1.82) is 0 Å². The SMILES string of the molecule is O=C(NCc1ccc(-c2ncc(-c3ccc(F)cc3)[nH]2)cc1)c1ccc(C(F)(F)F)c(F)c1. The molecule has 0 spiro atoms. The van der Waals surface area contributed by atoms with Crippen molar-refractivity contribution in [3.8, 4) is 22.6 Å². The summed E-state index contributed by atoms with van der Waals surface area (Å²) in [5.41, 5.74) is 1.39. The van der Waals surface area contributed by atoms with E-state index in [1.54, 1.807) is 42.6 Å². The molecule has 33 heavy (non-hydrogen) atoms. The molecule has 0 saturated carbocycles. The molecule has 0 radical (unpaired) electrons. The average molecular weight is 457 g/mol. The maximum atomic E-state index is 13.7. The minimum absolute atomic E-state index is 0.0980. The number of carbonyl (C=O) groups excluding carboxylic acids is 1. The molecule has 4 rings (SSSR count). The molecule has 168 valence electrons. The van der Waals surface area contributed by atoms with Crippen LogP contribution in [0.1, 0.15) is 21.5 Å². The van der Waals surface area contributed by atoms with E-state index >= 15 is 0 Å². The van der Waals surface area contributed by atoms with Gasteiger partial charge in [-0.15, -0.1) is 0 Å². The van der Waals surface area contributed by atoms with Gasteiger partial charge in [0.25, 0.3) is 5.91 Å². The highest BCUT2D eigenvalue weighted by atomic mass is 19.4. The lowest BCUT2D eigenvalue weighted by Crippen LogP contribution is -2.23. The molecule has 0 aliphatic heterocycles. The number of amides is 1. The Morgan fingerprint density at radius 3 is 2.21 bits per heavy atom. The molecule has 1 amide bonds. The van der Waals surface area contributed by atoms with Crippen molar-refractivity contribution in [2.75, 3.05) is 0 Å². The highest BCUT2D eigenvalue weighted by Crippen LogP contribution is 2.31. The number of H-pyrrole nitrogens is 1. The van der Waals surface area contributed by atoms with Gasteiger partial charge < -0.3 is 10.3 Å². The van der Waals surface area contributed by atoms with Crippen LogP contribution in [-0.4, -0.2) is 15.9 Å². The lowest BCUT2D eigenvalue weighted by Gasteiger charge is -2.10. The maximum absolute atomic E-state index is 13.7. The number of hydrogen-bond donors (Lipinski definition) is 2. The summed E-state index contributed by atoms with van der Waals surface area (Å²) in [6.07, 6.45) is -3.19. The number of benzene rings is 3. The fourth-order valence-electron chi connectivity index (χ4n) is 3.20. The Balaban J connectivity index is 1.40. The lowest BCUT2D eigenvalue weighted by molar-refractivity contribution is -0.140. The monoisotopic (exact) mass is 457 g/mol. The summed E-state index contributed by atoms with van der Waals surface area (Å²) in [5, 5.41) is 2.55. The van der Waals surface area contributed by atoms with Gasteiger partial charge in [-0.05, 0) is 53.6 Å². The number of hydrogen-bond acceptors (Lipinski definition) is 2. The molecule has 0 unspecified atom stereocenters. The largest absolute Gasteiger partial charge is 0.419 e. The number of alkyl halides is 3. The van der Waals surface area contributed by atoms with Gasteiger partial charge in [-0.3, -0.25) is 4.79 Å². The molecule has 0 atom stereocenters. The van der Waals surface area contributed by atoms with Gasteiger partial charge in [-0.25, -0.2) is 13.8 Å². The van der Waals surface area contributed by atoms with E-state index in [9.17, 15) is 26.7 Å². The molecular formula is C24H16F5N3O. The van der Waals surface area contributed by atoms with Crippen LogP contribution in [-0.2, 0) is 12.7 Å². The Labute approximate surface area is 185 Å². The van der Waals surface area contributed by atoms with Crippen LogP contribution in [0.2, 0.25) is 0 Å². The minimum Gasteiger partial charge on any atom is -0.348 e. The summed E-state index contributed by atoms with van der Waals surface area (Å²) < 4.78 is 64.7. The van der Waals surface area contributed by atoms with E-state index in [-0.39, 0.29) is 17.9 Å². The third kappa shape index (κ3) is 5.08. The molecule has 0 saturated heterocycles. The Bertz CT molecular complexity index is 1280. The predicted molar refractivity (Wildman–Crippen MR) is 112 cm³/mol. The van der Waals surface area contributed by atoms with Crippen LogP contribution >= 0.6 is 0 Å². The normalized spacial score (nSPS) is 11.4. The number of aromatic nitrogens is 2. The molecule has 0 bridgehead atoms. The predicted octanol–water partition coefficient (Wildman–Crippen LogP) is 5.97. The van der Waals surface area contributed by atoms with Crippen molar-refractivity contribution >= 4 is 5.91 Å². The second-order valence-electron chi connectivity index (χ2n) is 7.22. The fraction of sp³-hybridized carbons (Fsp3) is 0.0833. The zero-order valence-corrected chi connectivity index (χ0v) is 16.9. The first-order chi connectivity index (χ1) is 15.7. The molecule has 4 nitrogen and oxygen atoms in total. The molecule has 2 N–H and O–H groups in total. The highest BCUT2D eigenvalue weighted by molar-refractivity contribution is 5.94. The Morgan fingerprint density at radius 2 is 1.58 bits per heavy atom. The molecule has 1 heterocycles. The fourth-order valence-corrected chi connectivity index (χ4v) is 3.20. The number of carbonyl (C=O) groups is 1. The van der Waals surface area contributed by atoms with E-state index in [1.165, 1.54) is 12.1 Å². The van der Waals surface area contributed by atoms with Crippen LogP contribution in [0.3, 0.4) is 0 Å². The van der Waals surface area contributed by atoms with Crippen molar-refractivity contribution in [3.05, 3.63) is 101 Å². The van der Waals surface area contributed by atoms with Gasteiger partial charge in [0.05, 0.1) is 17.5 Å². The Hall–Kier alpha value is -4.01. The minimum atomic E-state index is -4.82. The van der Waals surface area contributed by atoms with Gasteiger partial charge in [0.15, 0.2) is 0 Å². The van der Waals surface area contributed by atoms with Gasteiger partial charge in [-0.1, -0.05) is 24.3 Å². The van der Waals surface area contributed by atoms with Crippen molar-refractivity contribution in [2.45, 2.75) is 12.7 Å². The summed E-state index contributed by atoms with van der Waals surface area (Å²) in [6, 6.07) is 15.1. The van der Waals surface area contributed by atoms with Crippen molar-refractivity contribution in [2.24, 2.45) is 0 Å². The smallest absolute Gasteiger partial charge is 0.348 e. The van der Waals surface area contributed by atoms with Gasteiger partial charge in [0.1, 0.15) is 17.5 Å². The van der Waals surface area contributed by atoms with E-state index in [1.807, 2.05) is 0 Å². The molecule has 1 aromatic heterocycles. The van der Waals surface area contributed by atoms with Crippen LogP contribution in [0.4, 0.5) is 22.0 Å². The lowest BCUT2D eigenvalue weighted by atomic mass is 10.1. The molecule has 0 aliphatic carbocycles. The molecule has 0 aliphatic rings. The van der Waals surface area contributed by atoms with Crippen LogP contribution in [0, 0.1) is 11.6 Å². The number of aromatic amines is 1. The molecule has 3 aromatic carbocycles. The van der Waals surface area contributed by atoms with E-state index in [2.05, 4.69) is 15.3 Å². The summed E-state index contributed by atoms with van der Waals surface area (Å²) in [6.45, 7) is 0.0980. The van der Waals surface area contributed by atoms with Crippen LogP contribution in [0.25, 0.3) is 22.6 Å².